The second kappa shape index (κ2) is 8.63. The molecule has 0 bridgehead atoms. The van der Waals surface area contributed by atoms with Crippen molar-refractivity contribution in [1.82, 2.24) is 9.97 Å². The largest absolute Gasteiger partial charge is 0.417 e. The Labute approximate surface area is 163 Å². The van der Waals surface area contributed by atoms with E-state index < -0.39 is 6.09 Å². The van der Waals surface area contributed by atoms with Gasteiger partial charge < -0.3 is 9.47 Å². The molecule has 1 saturated carbocycles. The lowest BCUT2D eigenvalue weighted by Gasteiger charge is -2.34. The van der Waals surface area contributed by atoms with Gasteiger partial charge in [0.25, 0.3) is 0 Å². The zero-order valence-electron chi connectivity index (χ0n) is 15.3. The van der Waals surface area contributed by atoms with Crippen LogP contribution in [0.25, 0.3) is 0 Å². The Morgan fingerprint density at radius 2 is 1.61 bits per heavy atom. The third-order valence-corrected chi connectivity index (χ3v) is 4.66. The standard InChI is InChI=1S/C22H21N3O3/c26-22(28-19-9-5-2-6-10-19)25-18-13-23-21(24-14-18)17-11-20(12-17)27-15-16-7-3-1-4-8-16/h1-10,13-14,17,20H,11-12,15H2,(H,25,26). The van der Waals surface area contributed by atoms with E-state index in [2.05, 4.69) is 27.4 Å². The lowest BCUT2D eigenvalue weighted by atomic mass is 9.81. The molecule has 0 saturated heterocycles. The summed E-state index contributed by atoms with van der Waals surface area (Å²) in [6, 6.07) is 19.0. The smallest absolute Gasteiger partial charge is 0.410 e. The molecule has 0 spiro atoms. The van der Waals surface area contributed by atoms with Crippen LogP contribution in [0.3, 0.4) is 0 Å². The fourth-order valence-electron chi connectivity index (χ4n) is 3.05. The van der Waals surface area contributed by atoms with Crippen molar-refractivity contribution in [2.24, 2.45) is 0 Å². The second-order valence-electron chi connectivity index (χ2n) is 6.74. The molecule has 0 unspecified atom stereocenters. The average molecular weight is 375 g/mol. The summed E-state index contributed by atoms with van der Waals surface area (Å²) in [5.74, 6) is 1.56. The normalized spacial score (nSPS) is 18.1. The Morgan fingerprint density at radius 1 is 0.964 bits per heavy atom. The predicted molar refractivity (Wildman–Crippen MR) is 105 cm³/mol. The Balaban J connectivity index is 1.22. The number of hydrogen-bond donors (Lipinski definition) is 1. The number of nitrogens with one attached hydrogen (secondary N) is 1. The van der Waals surface area contributed by atoms with Crippen LogP contribution in [0.5, 0.6) is 5.75 Å². The van der Waals surface area contributed by atoms with E-state index in [1.807, 2.05) is 24.3 Å². The van der Waals surface area contributed by atoms with E-state index in [0.717, 1.165) is 18.7 Å². The maximum atomic E-state index is 11.9. The molecule has 0 atom stereocenters. The molecule has 6 nitrogen and oxygen atoms in total. The number of para-hydroxylation sites is 1. The van der Waals surface area contributed by atoms with E-state index in [9.17, 15) is 4.79 Å². The quantitative estimate of drug-likeness (QED) is 0.684. The van der Waals surface area contributed by atoms with Crippen LogP contribution in [0.4, 0.5) is 10.5 Å². The van der Waals surface area contributed by atoms with Gasteiger partial charge in [-0.15, -0.1) is 0 Å². The van der Waals surface area contributed by atoms with Crippen molar-refractivity contribution in [1.29, 1.82) is 0 Å². The van der Waals surface area contributed by atoms with Crippen molar-refractivity contribution in [3.05, 3.63) is 84.4 Å². The molecule has 1 amide bonds. The van der Waals surface area contributed by atoms with E-state index in [4.69, 9.17) is 9.47 Å². The molecule has 6 heteroatoms. The Morgan fingerprint density at radius 3 is 2.29 bits per heavy atom. The van der Waals surface area contributed by atoms with Gasteiger partial charge in [0.2, 0.25) is 0 Å². The first kappa shape index (κ1) is 18.1. The van der Waals surface area contributed by atoms with E-state index >= 15 is 0 Å². The molecular formula is C22H21N3O3. The van der Waals surface area contributed by atoms with E-state index in [-0.39, 0.29) is 6.10 Å². The van der Waals surface area contributed by atoms with Gasteiger partial charge in [-0.25, -0.2) is 14.8 Å². The highest BCUT2D eigenvalue weighted by Crippen LogP contribution is 2.37. The van der Waals surface area contributed by atoms with Crippen LogP contribution in [0, 0.1) is 0 Å². The minimum Gasteiger partial charge on any atom is -0.410 e. The molecule has 1 N–H and O–H groups in total. The van der Waals surface area contributed by atoms with Crippen LogP contribution in [-0.4, -0.2) is 22.2 Å². The molecule has 1 heterocycles. The summed E-state index contributed by atoms with van der Waals surface area (Å²) >= 11 is 0. The number of ether oxygens (including phenoxy) is 2. The highest BCUT2D eigenvalue weighted by atomic mass is 16.6. The Bertz CT molecular complexity index is 895. The molecule has 1 aliphatic rings. The van der Waals surface area contributed by atoms with Gasteiger partial charge in [0.05, 0.1) is 30.8 Å². The molecule has 1 fully saturated rings. The topological polar surface area (TPSA) is 73.3 Å². The van der Waals surface area contributed by atoms with Crippen molar-refractivity contribution in [3.8, 4) is 5.75 Å². The van der Waals surface area contributed by atoms with Crippen molar-refractivity contribution < 1.29 is 14.3 Å². The zero-order valence-corrected chi connectivity index (χ0v) is 15.3. The van der Waals surface area contributed by atoms with Gasteiger partial charge in [0.15, 0.2) is 0 Å². The minimum absolute atomic E-state index is 0.243. The lowest BCUT2D eigenvalue weighted by molar-refractivity contribution is -0.0223. The summed E-state index contributed by atoms with van der Waals surface area (Å²) in [4.78, 5) is 20.6. The second-order valence-corrected chi connectivity index (χ2v) is 6.74. The van der Waals surface area contributed by atoms with Crippen LogP contribution in [0.1, 0.15) is 30.1 Å². The number of anilines is 1. The van der Waals surface area contributed by atoms with Gasteiger partial charge in [-0.2, -0.15) is 0 Å². The van der Waals surface area contributed by atoms with Crippen molar-refractivity contribution in [3.63, 3.8) is 0 Å². The van der Waals surface area contributed by atoms with Crippen molar-refractivity contribution in [2.75, 3.05) is 5.32 Å². The first-order valence-electron chi connectivity index (χ1n) is 9.27. The summed E-state index contributed by atoms with van der Waals surface area (Å²) in [6.07, 6.45) is 4.71. The highest BCUT2D eigenvalue weighted by molar-refractivity contribution is 5.85. The monoisotopic (exact) mass is 375 g/mol. The van der Waals surface area contributed by atoms with Crippen molar-refractivity contribution in [2.45, 2.75) is 31.5 Å². The summed E-state index contributed by atoms with van der Waals surface area (Å²) in [5.41, 5.74) is 1.68. The number of hydrogen-bond acceptors (Lipinski definition) is 5. The molecule has 142 valence electrons. The number of carbonyl (C=O) groups is 1. The molecule has 4 rings (SSSR count). The molecular weight excluding hydrogens is 354 g/mol. The maximum absolute atomic E-state index is 11.9. The van der Waals surface area contributed by atoms with Crippen LogP contribution >= 0.6 is 0 Å². The van der Waals surface area contributed by atoms with Gasteiger partial charge >= 0.3 is 6.09 Å². The number of amides is 1. The third-order valence-electron chi connectivity index (χ3n) is 4.66. The highest BCUT2D eigenvalue weighted by Gasteiger charge is 2.33. The summed E-state index contributed by atoms with van der Waals surface area (Å²) < 4.78 is 11.1. The van der Waals surface area contributed by atoms with Gasteiger partial charge in [0, 0.05) is 5.92 Å². The van der Waals surface area contributed by atoms with Crippen LogP contribution < -0.4 is 10.1 Å². The third kappa shape index (κ3) is 4.72. The Hall–Kier alpha value is -3.25. The lowest BCUT2D eigenvalue weighted by Crippen LogP contribution is -2.30. The summed E-state index contributed by atoms with van der Waals surface area (Å²) in [7, 11) is 0. The number of nitrogens with zero attached hydrogens (tertiary/aromatic N) is 2. The maximum Gasteiger partial charge on any atom is 0.417 e. The van der Waals surface area contributed by atoms with Gasteiger partial charge in [-0.3, -0.25) is 5.32 Å². The SMILES string of the molecule is O=C(Nc1cnc(C2CC(OCc3ccccc3)C2)nc1)Oc1ccccc1. The zero-order chi connectivity index (χ0) is 19.2. The number of carbonyl (C=O) groups excluding carboxylic acids is 1. The molecule has 1 aliphatic carbocycles. The number of rotatable bonds is 6. The first-order chi connectivity index (χ1) is 13.8. The molecule has 0 radical (unpaired) electrons. The Kier molecular flexibility index (Phi) is 5.58. The summed E-state index contributed by atoms with van der Waals surface area (Å²) in [6.45, 7) is 0.630. The van der Waals surface area contributed by atoms with Gasteiger partial charge in [-0.1, -0.05) is 48.5 Å². The van der Waals surface area contributed by atoms with Gasteiger partial charge in [0.1, 0.15) is 11.6 Å². The van der Waals surface area contributed by atoms with Crippen LogP contribution in [-0.2, 0) is 11.3 Å². The van der Waals surface area contributed by atoms with Gasteiger partial charge in [-0.05, 0) is 30.5 Å². The van der Waals surface area contributed by atoms with Crippen LogP contribution in [0.2, 0.25) is 0 Å². The summed E-state index contributed by atoms with van der Waals surface area (Å²) in [5, 5.41) is 2.63. The fourth-order valence-corrected chi connectivity index (χ4v) is 3.05. The van der Waals surface area contributed by atoms with E-state index in [1.54, 1.807) is 36.7 Å². The van der Waals surface area contributed by atoms with Crippen LogP contribution in [0.15, 0.2) is 73.1 Å². The fraction of sp³-hybridized carbons (Fsp3) is 0.227. The average Bonchev–Trinajstić information content (AvgIpc) is 2.69. The molecule has 3 aromatic rings. The molecule has 0 aliphatic heterocycles. The van der Waals surface area contributed by atoms with Crippen molar-refractivity contribution >= 4 is 11.8 Å². The number of aromatic nitrogens is 2. The first-order valence-corrected chi connectivity index (χ1v) is 9.27. The molecule has 28 heavy (non-hydrogen) atoms. The van der Waals surface area contributed by atoms with E-state index in [0.29, 0.717) is 24.0 Å². The van der Waals surface area contributed by atoms with E-state index in [1.165, 1.54) is 5.56 Å². The minimum atomic E-state index is -0.569. The molecule has 2 aromatic carbocycles. The predicted octanol–water partition coefficient (Wildman–Crippen LogP) is 4.55. The molecule has 1 aromatic heterocycles. The number of benzene rings is 2.